The van der Waals surface area contributed by atoms with Crippen molar-refractivity contribution >= 4 is 5.52 Å². The molecule has 22 heavy (non-hydrogen) atoms. The van der Waals surface area contributed by atoms with Crippen LogP contribution in [0.1, 0.15) is 81.7 Å². The van der Waals surface area contributed by atoms with Crippen LogP contribution in [0.4, 0.5) is 0 Å². The molecule has 3 rings (SSSR count). The molecule has 2 heterocycles. The summed E-state index contributed by atoms with van der Waals surface area (Å²) in [5.41, 5.74) is 1.14. The molecule has 0 bridgehead atoms. The van der Waals surface area contributed by atoms with Crippen LogP contribution in [0.2, 0.25) is 0 Å². The molecule has 0 radical (unpaired) electrons. The van der Waals surface area contributed by atoms with Crippen molar-refractivity contribution in [3.05, 3.63) is 27.7 Å². The first-order chi connectivity index (χ1) is 10.7. The van der Waals surface area contributed by atoms with Gasteiger partial charge >= 0.3 is 0 Å². The molecule has 1 aliphatic carbocycles. The van der Waals surface area contributed by atoms with Crippen molar-refractivity contribution < 1.29 is 5.11 Å². The van der Waals surface area contributed by atoms with Crippen molar-refractivity contribution in [1.82, 2.24) is 19.6 Å². The Bertz CT molecular complexity index is 713. The molecule has 1 aliphatic rings. The van der Waals surface area contributed by atoms with E-state index in [1.165, 1.54) is 12.8 Å². The molecule has 2 N–H and O–H groups in total. The second-order valence-electron chi connectivity index (χ2n) is 6.16. The fourth-order valence-electron chi connectivity index (χ4n) is 3.37. The molecule has 2 aromatic heterocycles. The van der Waals surface area contributed by atoms with Gasteiger partial charge in [0.1, 0.15) is 11.9 Å². The first-order valence-corrected chi connectivity index (χ1v) is 8.35. The molecule has 0 saturated heterocycles. The third-order valence-corrected chi connectivity index (χ3v) is 4.55. The zero-order valence-corrected chi connectivity index (χ0v) is 13.3. The summed E-state index contributed by atoms with van der Waals surface area (Å²) in [6.07, 6.45) is 6.01. The van der Waals surface area contributed by atoms with E-state index < -0.39 is 6.10 Å². The zero-order chi connectivity index (χ0) is 15.7. The summed E-state index contributed by atoms with van der Waals surface area (Å²) in [4.78, 5) is 19.9. The van der Waals surface area contributed by atoms with Gasteiger partial charge in [-0.3, -0.25) is 4.79 Å². The minimum Gasteiger partial charge on any atom is -0.385 e. The van der Waals surface area contributed by atoms with E-state index in [4.69, 9.17) is 4.98 Å². The van der Waals surface area contributed by atoms with Crippen LogP contribution < -0.4 is 5.56 Å². The Balaban J connectivity index is 2.16. The lowest BCUT2D eigenvalue weighted by atomic mass is 10.1. The number of imidazole rings is 1. The first-order valence-electron chi connectivity index (χ1n) is 8.35. The van der Waals surface area contributed by atoms with Gasteiger partial charge in [0.05, 0.1) is 5.69 Å². The van der Waals surface area contributed by atoms with Crippen LogP contribution in [0.25, 0.3) is 5.52 Å². The molecule has 0 amide bonds. The van der Waals surface area contributed by atoms with Gasteiger partial charge < -0.3 is 10.1 Å². The molecule has 2 aromatic rings. The average molecular weight is 304 g/mol. The van der Waals surface area contributed by atoms with Crippen molar-refractivity contribution in [1.29, 1.82) is 0 Å². The number of nitrogens with one attached hydrogen (secondary N) is 1. The van der Waals surface area contributed by atoms with Crippen LogP contribution in [-0.4, -0.2) is 24.7 Å². The monoisotopic (exact) mass is 304 g/mol. The Morgan fingerprint density at radius 3 is 2.73 bits per heavy atom. The molecule has 0 spiro atoms. The van der Waals surface area contributed by atoms with E-state index in [0.29, 0.717) is 30.1 Å². The maximum Gasteiger partial charge on any atom is 0.277 e. The standard InChI is InChI=1S/C16H24N4O2/c1-3-7-12(21)14-18-16(22)13-11(4-2)17-15(20(13)19-14)10-8-5-6-9-10/h10,12,21H,3-9H2,1-2H3,(H,18,19,22). The average Bonchev–Trinajstić information content (AvgIpc) is 3.14. The molecule has 6 nitrogen and oxygen atoms in total. The van der Waals surface area contributed by atoms with Gasteiger partial charge in [0.2, 0.25) is 0 Å². The van der Waals surface area contributed by atoms with Crippen LogP contribution in [0.15, 0.2) is 4.79 Å². The lowest BCUT2D eigenvalue weighted by Gasteiger charge is -2.11. The van der Waals surface area contributed by atoms with Gasteiger partial charge in [-0.05, 0) is 25.7 Å². The van der Waals surface area contributed by atoms with E-state index in [9.17, 15) is 9.90 Å². The van der Waals surface area contributed by atoms with E-state index in [-0.39, 0.29) is 5.56 Å². The molecular formula is C16H24N4O2. The number of aromatic amines is 1. The molecule has 1 fully saturated rings. The highest BCUT2D eigenvalue weighted by molar-refractivity contribution is 5.50. The van der Waals surface area contributed by atoms with E-state index in [1.54, 1.807) is 4.52 Å². The number of hydrogen-bond acceptors (Lipinski definition) is 4. The molecular weight excluding hydrogens is 280 g/mol. The summed E-state index contributed by atoms with van der Waals surface area (Å²) in [6.45, 7) is 4.00. The van der Waals surface area contributed by atoms with Crippen molar-refractivity contribution in [2.45, 2.75) is 70.8 Å². The van der Waals surface area contributed by atoms with Crippen molar-refractivity contribution in [3.8, 4) is 0 Å². The summed E-state index contributed by atoms with van der Waals surface area (Å²) >= 11 is 0. The Morgan fingerprint density at radius 1 is 1.36 bits per heavy atom. The summed E-state index contributed by atoms with van der Waals surface area (Å²) < 4.78 is 1.70. The number of aromatic nitrogens is 4. The summed E-state index contributed by atoms with van der Waals surface area (Å²) in [7, 11) is 0. The van der Waals surface area contributed by atoms with Crippen LogP contribution in [0, 0.1) is 0 Å². The highest BCUT2D eigenvalue weighted by Gasteiger charge is 2.26. The van der Waals surface area contributed by atoms with Crippen LogP contribution in [0.3, 0.4) is 0 Å². The Kier molecular flexibility index (Phi) is 4.29. The number of nitrogens with zero attached hydrogens (tertiary/aromatic N) is 3. The number of fused-ring (bicyclic) bond motifs is 1. The zero-order valence-electron chi connectivity index (χ0n) is 13.3. The molecule has 0 aromatic carbocycles. The number of aryl methyl sites for hydroxylation is 1. The lowest BCUT2D eigenvalue weighted by molar-refractivity contribution is 0.154. The predicted molar refractivity (Wildman–Crippen MR) is 84.1 cm³/mol. The van der Waals surface area contributed by atoms with E-state index in [0.717, 1.165) is 30.8 Å². The fraction of sp³-hybridized carbons (Fsp3) is 0.688. The summed E-state index contributed by atoms with van der Waals surface area (Å²) in [5.74, 6) is 1.61. The minimum atomic E-state index is -0.731. The molecule has 1 saturated carbocycles. The summed E-state index contributed by atoms with van der Waals surface area (Å²) in [5, 5.41) is 14.7. The van der Waals surface area contributed by atoms with Crippen molar-refractivity contribution in [3.63, 3.8) is 0 Å². The molecule has 0 aliphatic heterocycles. The number of hydrogen-bond donors (Lipinski definition) is 2. The van der Waals surface area contributed by atoms with Crippen molar-refractivity contribution in [2.75, 3.05) is 0 Å². The van der Waals surface area contributed by atoms with Gasteiger partial charge in [0.25, 0.3) is 5.56 Å². The third kappa shape index (κ3) is 2.56. The second kappa shape index (κ2) is 6.20. The first kappa shape index (κ1) is 15.2. The highest BCUT2D eigenvalue weighted by atomic mass is 16.3. The van der Waals surface area contributed by atoms with Gasteiger partial charge in [0, 0.05) is 5.92 Å². The number of rotatable bonds is 5. The second-order valence-corrected chi connectivity index (χ2v) is 6.16. The number of aliphatic hydroxyl groups is 1. The largest absolute Gasteiger partial charge is 0.385 e. The topological polar surface area (TPSA) is 83.3 Å². The van der Waals surface area contributed by atoms with Gasteiger partial charge in [-0.2, -0.15) is 0 Å². The lowest BCUT2D eigenvalue weighted by Crippen LogP contribution is -2.20. The van der Waals surface area contributed by atoms with Gasteiger partial charge in [-0.15, -0.1) is 5.10 Å². The van der Waals surface area contributed by atoms with Crippen LogP contribution in [-0.2, 0) is 6.42 Å². The Hall–Kier alpha value is -1.69. The molecule has 1 unspecified atom stereocenters. The number of aliphatic hydroxyl groups excluding tert-OH is 1. The Morgan fingerprint density at radius 2 is 2.09 bits per heavy atom. The molecule has 120 valence electrons. The van der Waals surface area contributed by atoms with Gasteiger partial charge in [-0.25, -0.2) is 9.50 Å². The smallest absolute Gasteiger partial charge is 0.277 e. The van der Waals surface area contributed by atoms with Gasteiger partial charge in [-0.1, -0.05) is 33.1 Å². The third-order valence-electron chi connectivity index (χ3n) is 4.55. The molecule has 6 heteroatoms. The molecule has 1 atom stereocenters. The minimum absolute atomic E-state index is 0.200. The summed E-state index contributed by atoms with van der Waals surface area (Å²) in [6, 6.07) is 0. The van der Waals surface area contributed by atoms with Crippen molar-refractivity contribution in [2.24, 2.45) is 0 Å². The maximum absolute atomic E-state index is 12.4. The Labute approximate surface area is 129 Å². The van der Waals surface area contributed by atoms with Gasteiger partial charge in [0.15, 0.2) is 11.3 Å². The van der Waals surface area contributed by atoms with E-state index in [1.807, 2.05) is 13.8 Å². The SMILES string of the molecule is CCCC(O)c1nn2c(C3CCCC3)nc(CC)c2c(=O)[nH]1. The maximum atomic E-state index is 12.4. The predicted octanol–water partition coefficient (Wildman–Crippen LogP) is 2.47. The quantitative estimate of drug-likeness (QED) is 0.889. The highest BCUT2D eigenvalue weighted by Crippen LogP contribution is 2.33. The van der Waals surface area contributed by atoms with Crippen LogP contribution >= 0.6 is 0 Å². The van der Waals surface area contributed by atoms with E-state index >= 15 is 0 Å². The normalized spacial score (nSPS) is 17.4. The van der Waals surface area contributed by atoms with Crippen LogP contribution in [0.5, 0.6) is 0 Å². The fourth-order valence-corrected chi connectivity index (χ4v) is 3.37. The van der Waals surface area contributed by atoms with E-state index in [2.05, 4.69) is 10.1 Å². The number of H-pyrrole nitrogens is 1.